The number of aromatic nitrogens is 1. The van der Waals surface area contributed by atoms with Gasteiger partial charge in [0.05, 0.1) is 28.4 Å². The predicted molar refractivity (Wildman–Crippen MR) is 142 cm³/mol. The van der Waals surface area contributed by atoms with E-state index < -0.39 is 17.7 Å². The highest BCUT2D eigenvalue weighted by atomic mass is 32.1. The number of aliphatic hydroxyl groups is 1. The van der Waals surface area contributed by atoms with Crippen molar-refractivity contribution in [1.29, 1.82) is 0 Å². The number of benzene rings is 3. The van der Waals surface area contributed by atoms with Crippen LogP contribution in [0.2, 0.25) is 0 Å². The number of nitrogens with zero attached hydrogens (tertiary/aromatic N) is 2. The minimum atomic E-state index is -0.808. The largest absolute Gasteiger partial charge is 0.507 e. The molecular formula is C29H26N2O4S. The molecule has 1 aliphatic heterocycles. The van der Waals surface area contributed by atoms with Gasteiger partial charge in [-0.3, -0.25) is 14.5 Å². The number of carbonyl (C=O) groups excluding carboxylic acids is 2. The first-order chi connectivity index (χ1) is 17.5. The van der Waals surface area contributed by atoms with Crippen molar-refractivity contribution in [2.45, 2.75) is 32.7 Å². The van der Waals surface area contributed by atoms with Crippen LogP contribution in [0.1, 0.15) is 42.5 Å². The molecular weight excluding hydrogens is 472 g/mol. The molecule has 0 spiro atoms. The van der Waals surface area contributed by atoms with E-state index in [0.29, 0.717) is 28.6 Å². The van der Waals surface area contributed by atoms with E-state index in [1.807, 2.05) is 61.5 Å². The zero-order chi connectivity index (χ0) is 25.2. The fourth-order valence-corrected chi connectivity index (χ4v) is 5.42. The Morgan fingerprint density at radius 1 is 1.06 bits per heavy atom. The van der Waals surface area contributed by atoms with Crippen molar-refractivity contribution in [2.24, 2.45) is 0 Å². The SMILES string of the molecule is CCCCOc1cccc(C(O)=C2C(=O)C(=O)N(c3nc4ccc(C)cc4s3)C2c2ccccc2)c1. The molecule has 3 aromatic carbocycles. The molecule has 1 aromatic heterocycles. The normalized spacial score (nSPS) is 17.2. The van der Waals surface area contributed by atoms with Crippen LogP contribution in [0, 0.1) is 6.92 Å². The molecule has 5 rings (SSSR count). The summed E-state index contributed by atoms with van der Waals surface area (Å²) in [6, 6.07) is 21.3. The van der Waals surface area contributed by atoms with E-state index in [2.05, 4.69) is 11.9 Å². The average molecular weight is 499 g/mol. The Balaban J connectivity index is 1.63. The molecule has 182 valence electrons. The zero-order valence-corrected chi connectivity index (χ0v) is 20.9. The minimum absolute atomic E-state index is 0.0346. The number of carbonyl (C=O) groups is 2. The number of ether oxygens (including phenoxy) is 1. The minimum Gasteiger partial charge on any atom is -0.507 e. The van der Waals surface area contributed by atoms with Crippen LogP contribution in [-0.4, -0.2) is 28.4 Å². The molecule has 1 unspecified atom stereocenters. The van der Waals surface area contributed by atoms with Gasteiger partial charge in [-0.05, 0) is 48.7 Å². The number of fused-ring (bicyclic) bond motifs is 1. The number of unbranched alkanes of at least 4 members (excludes halogenated alkanes) is 1. The van der Waals surface area contributed by atoms with Gasteiger partial charge < -0.3 is 9.84 Å². The zero-order valence-electron chi connectivity index (χ0n) is 20.1. The first-order valence-electron chi connectivity index (χ1n) is 11.9. The molecule has 36 heavy (non-hydrogen) atoms. The van der Waals surface area contributed by atoms with Crippen LogP contribution in [-0.2, 0) is 9.59 Å². The van der Waals surface area contributed by atoms with Crippen LogP contribution in [0.3, 0.4) is 0 Å². The van der Waals surface area contributed by atoms with E-state index in [0.717, 1.165) is 28.6 Å². The fraction of sp³-hybridized carbons (Fsp3) is 0.207. The average Bonchev–Trinajstić information content (AvgIpc) is 3.42. The summed E-state index contributed by atoms with van der Waals surface area (Å²) in [6.45, 7) is 4.64. The van der Waals surface area contributed by atoms with Crippen LogP contribution in [0.15, 0.2) is 78.4 Å². The third kappa shape index (κ3) is 4.38. The van der Waals surface area contributed by atoms with E-state index in [4.69, 9.17) is 4.74 Å². The molecule has 1 aliphatic rings. The lowest BCUT2D eigenvalue weighted by Gasteiger charge is -2.23. The number of amides is 1. The van der Waals surface area contributed by atoms with E-state index in [9.17, 15) is 14.7 Å². The van der Waals surface area contributed by atoms with Crippen molar-refractivity contribution in [1.82, 2.24) is 4.98 Å². The third-order valence-electron chi connectivity index (χ3n) is 6.17. The smallest absolute Gasteiger partial charge is 0.301 e. The van der Waals surface area contributed by atoms with Crippen molar-refractivity contribution in [3.63, 3.8) is 0 Å². The topological polar surface area (TPSA) is 79.7 Å². The molecule has 1 atom stereocenters. The number of hydrogen-bond acceptors (Lipinski definition) is 6. The predicted octanol–water partition coefficient (Wildman–Crippen LogP) is 6.41. The van der Waals surface area contributed by atoms with E-state index in [1.165, 1.54) is 16.2 Å². The Bertz CT molecular complexity index is 1480. The molecule has 1 saturated heterocycles. The Morgan fingerprint density at radius 2 is 1.86 bits per heavy atom. The van der Waals surface area contributed by atoms with Gasteiger partial charge in [-0.2, -0.15) is 0 Å². The van der Waals surface area contributed by atoms with Gasteiger partial charge in [-0.15, -0.1) is 0 Å². The summed E-state index contributed by atoms with van der Waals surface area (Å²) in [5.41, 5.74) is 3.01. The van der Waals surface area contributed by atoms with E-state index >= 15 is 0 Å². The van der Waals surface area contributed by atoms with E-state index in [1.54, 1.807) is 18.2 Å². The number of anilines is 1. The van der Waals surface area contributed by atoms with Crippen molar-refractivity contribution >= 4 is 44.1 Å². The Morgan fingerprint density at radius 3 is 2.64 bits per heavy atom. The lowest BCUT2D eigenvalue weighted by Crippen LogP contribution is -2.29. The van der Waals surface area contributed by atoms with Crippen molar-refractivity contribution in [2.75, 3.05) is 11.5 Å². The summed E-state index contributed by atoms with van der Waals surface area (Å²) in [4.78, 5) is 32.9. The number of rotatable bonds is 7. The second-order valence-corrected chi connectivity index (χ2v) is 9.79. The standard InChI is InChI=1S/C29H26N2O4S/c1-3-4-15-35-21-12-8-11-20(17-21)26(32)24-25(19-9-6-5-7-10-19)31(28(34)27(24)33)29-30-22-14-13-18(2)16-23(22)36-29/h5-14,16-17,25,32H,3-4,15H2,1-2H3. The molecule has 4 aromatic rings. The maximum absolute atomic E-state index is 13.4. The molecule has 7 heteroatoms. The summed E-state index contributed by atoms with van der Waals surface area (Å²) >= 11 is 1.35. The lowest BCUT2D eigenvalue weighted by molar-refractivity contribution is -0.132. The highest BCUT2D eigenvalue weighted by Gasteiger charge is 2.48. The van der Waals surface area contributed by atoms with Gasteiger partial charge in [-0.25, -0.2) is 4.98 Å². The molecule has 2 heterocycles. The molecule has 1 amide bonds. The highest BCUT2D eigenvalue weighted by molar-refractivity contribution is 7.22. The lowest BCUT2D eigenvalue weighted by atomic mass is 9.95. The summed E-state index contributed by atoms with van der Waals surface area (Å²) in [7, 11) is 0. The number of aliphatic hydroxyl groups excluding tert-OH is 1. The van der Waals surface area contributed by atoms with Gasteiger partial charge in [0, 0.05) is 5.56 Å². The Kier molecular flexibility index (Phi) is 6.57. The van der Waals surface area contributed by atoms with Gasteiger partial charge >= 0.3 is 5.91 Å². The third-order valence-corrected chi connectivity index (χ3v) is 7.19. The molecule has 1 N–H and O–H groups in total. The van der Waals surface area contributed by atoms with Gasteiger partial charge in [0.1, 0.15) is 11.5 Å². The first kappa shape index (κ1) is 23.8. The number of hydrogen-bond donors (Lipinski definition) is 1. The number of aryl methyl sites for hydroxylation is 1. The van der Waals surface area contributed by atoms with Gasteiger partial charge in [0.25, 0.3) is 5.78 Å². The summed E-state index contributed by atoms with van der Waals surface area (Å²) < 4.78 is 6.72. The highest BCUT2D eigenvalue weighted by Crippen LogP contribution is 2.44. The monoisotopic (exact) mass is 498 g/mol. The molecule has 1 fully saturated rings. The second kappa shape index (κ2) is 9.95. The summed E-state index contributed by atoms with van der Waals surface area (Å²) in [5.74, 6) is -1.09. The van der Waals surface area contributed by atoms with E-state index in [-0.39, 0.29) is 11.3 Å². The van der Waals surface area contributed by atoms with Gasteiger partial charge in [-0.1, -0.05) is 73.2 Å². The van der Waals surface area contributed by atoms with Crippen molar-refractivity contribution in [3.8, 4) is 5.75 Å². The van der Waals surface area contributed by atoms with Gasteiger partial charge in [0.15, 0.2) is 5.13 Å². The summed E-state index contributed by atoms with van der Waals surface area (Å²) in [5, 5.41) is 11.8. The van der Waals surface area contributed by atoms with Crippen LogP contribution < -0.4 is 9.64 Å². The maximum Gasteiger partial charge on any atom is 0.301 e. The number of ketones is 1. The van der Waals surface area contributed by atoms with Crippen LogP contribution in [0.25, 0.3) is 16.0 Å². The second-order valence-electron chi connectivity index (χ2n) is 8.78. The van der Waals surface area contributed by atoms with Crippen molar-refractivity contribution < 1.29 is 19.4 Å². The quantitative estimate of drug-likeness (QED) is 0.138. The summed E-state index contributed by atoms with van der Waals surface area (Å²) in [6.07, 6.45) is 1.92. The Labute approximate surface area is 213 Å². The molecule has 0 bridgehead atoms. The van der Waals surface area contributed by atoms with Gasteiger partial charge in [0.2, 0.25) is 0 Å². The van der Waals surface area contributed by atoms with Crippen molar-refractivity contribution in [3.05, 3.63) is 95.1 Å². The molecule has 0 radical (unpaired) electrons. The molecule has 6 nitrogen and oxygen atoms in total. The van der Waals surface area contributed by atoms with Crippen LogP contribution in [0.4, 0.5) is 5.13 Å². The first-order valence-corrected chi connectivity index (χ1v) is 12.8. The number of Topliss-reactive ketones (excluding diaryl/α,β-unsaturated/α-hetero) is 1. The molecule has 0 aliphatic carbocycles. The van der Waals surface area contributed by atoms with Crippen LogP contribution >= 0.6 is 11.3 Å². The molecule has 0 saturated carbocycles. The maximum atomic E-state index is 13.4. The fourth-order valence-electron chi connectivity index (χ4n) is 4.33. The Hall–Kier alpha value is -3.97. The van der Waals surface area contributed by atoms with Crippen LogP contribution in [0.5, 0.6) is 5.75 Å². The number of thiazole rings is 1.